The van der Waals surface area contributed by atoms with Gasteiger partial charge in [0.05, 0.1) is 25.9 Å². The van der Waals surface area contributed by atoms with Crippen LogP contribution < -0.4 is 5.32 Å². The Kier molecular flexibility index (Phi) is 7.71. The highest BCUT2D eigenvalue weighted by Gasteiger charge is 2.16. The first-order chi connectivity index (χ1) is 11.1. The Hall–Kier alpha value is -1.24. The number of thioether (sulfide) groups is 1. The van der Waals surface area contributed by atoms with Gasteiger partial charge in [0.2, 0.25) is 0 Å². The second-order valence-corrected chi connectivity index (χ2v) is 6.93. The fourth-order valence-electron chi connectivity index (χ4n) is 2.24. The molecule has 1 aliphatic heterocycles. The van der Waals surface area contributed by atoms with E-state index in [4.69, 9.17) is 9.47 Å². The van der Waals surface area contributed by atoms with E-state index < -0.39 is 0 Å². The summed E-state index contributed by atoms with van der Waals surface area (Å²) in [5.74, 6) is 2.03. The molecule has 0 aliphatic carbocycles. The molecule has 23 heavy (non-hydrogen) atoms. The van der Waals surface area contributed by atoms with Crippen LogP contribution in [0.25, 0.3) is 0 Å². The molecule has 2 amide bonds. The van der Waals surface area contributed by atoms with E-state index >= 15 is 0 Å². The lowest BCUT2D eigenvalue weighted by Crippen LogP contribution is -2.40. The Labute approximate surface area is 142 Å². The number of anilines is 1. The van der Waals surface area contributed by atoms with Gasteiger partial charge >= 0.3 is 6.03 Å². The van der Waals surface area contributed by atoms with Gasteiger partial charge in [0.1, 0.15) is 0 Å². The third-order valence-corrected chi connectivity index (χ3v) is 4.37. The molecule has 0 saturated carbocycles. The minimum Gasteiger partial charge on any atom is -0.376 e. The van der Waals surface area contributed by atoms with Gasteiger partial charge < -0.3 is 19.7 Å². The SMILES string of the molecule is CC(C)OCCOCc1cccc(NC(=O)N2CCSCC2)c1. The molecule has 1 N–H and O–H groups in total. The first kappa shape index (κ1) is 18.1. The van der Waals surface area contributed by atoms with Gasteiger partial charge in [-0.2, -0.15) is 11.8 Å². The van der Waals surface area contributed by atoms with Crippen molar-refractivity contribution in [1.29, 1.82) is 0 Å². The number of amides is 2. The van der Waals surface area contributed by atoms with Crippen LogP contribution in [0.2, 0.25) is 0 Å². The summed E-state index contributed by atoms with van der Waals surface area (Å²) in [5.41, 5.74) is 1.86. The van der Waals surface area contributed by atoms with Crippen LogP contribution in [-0.4, -0.2) is 54.8 Å². The lowest BCUT2D eigenvalue weighted by atomic mass is 10.2. The van der Waals surface area contributed by atoms with Crippen molar-refractivity contribution in [3.8, 4) is 0 Å². The third kappa shape index (κ3) is 6.81. The third-order valence-electron chi connectivity index (χ3n) is 3.42. The van der Waals surface area contributed by atoms with E-state index in [1.54, 1.807) is 0 Å². The lowest BCUT2D eigenvalue weighted by molar-refractivity contribution is 0.0143. The molecule has 5 nitrogen and oxygen atoms in total. The summed E-state index contributed by atoms with van der Waals surface area (Å²) < 4.78 is 11.0. The molecular formula is C17H26N2O3S. The van der Waals surface area contributed by atoms with E-state index in [1.165, 1.54) is 0 Å². The van der Waals surface area contributed by atoms with Crippen molar-refractivity contribution >= 4 is 23.5 Å². The second-order valence-electron chi connectivity index (χ2n) is 5.70. The fraction of sp³-hybridized carbons (Fsp3) is 0.588. The Balaban J connectivity index is 1.76. The average Bonchev–Trinajstić information content (AvgIpc) is 2.55. The Morgan fingerprint density at radius 2 is 2.09 bits per heavy atom. The van der Waals surface area contributed by atoms with E-state index in [1.807, 2.05) is 54.8 Å². The summed E-state index contributed by atoms with van der Waals surface area (Å²) in [5, 5.41) is 2.97. The molecule has 0 aromatic heterocycles. The monoisotopic (exact) mass is 338 g/mol. The number of benzene rings is 1. The zero-order valence-electron chi connectivity index (χ0n) is 13.9. The molecule has 128 valence electrons. The van der Waals surface area contributed by atoms with Crippen molar-refractivity contribution < 1.29 is 14.3 Å². The van der Waals surface area contributed by atoms with E-state index in [2.05, 4.69) is 5.32 Å². The maximum atomic E-state index is 12.2. The van der Waals surface area contributed by atoms with E-state index in [0.717, 1.165) is 35.8 Å². The summed E-state index contributed by atoms with van der Waals surface area (Å²) in [6.07, 6.45) is 0.227. The quantitative estimate of drug-likeness (QED) is 0.776. The first-order valence-corrected chi connectivity index (χ1v) is 9.22. The van der Waals surface area contributed by atoms with Gasteiger partial charge in [0, 0.05) is 30.3 Å². The lowest BCUT2D eigenvalue weighted by Gasteiger charge is -2.26. The largest absolute Gasteiger partial charge is 0.376 e. The van der Waals surface area contributed by atoms with Crippen LogP contribution in [0.5, 0.6) is 0 Å². The molecular weight excluding hydrogens is 312 g/mol. The summed E-state index contributed by atoms with van der Waals surface area (Å²) in [7, 11) is 0. The molecule has 0 unspecified atom stereocenters. The fourth-order valence-corrected chi connectivity index (χ4v) is 3.14. The molecule has 1 aromatic carbocycles. The Bertz CT molecular complexity index is 490. The van der Waals surface area contributed by atoms with Crippen LogP contribution in [0, 0.1) is 0 Å². The highest BCUT2D eigenvalue weighted by atomic mass is 32.2. The molecule has 1 heterocycles. The number of nitrogens with one attached hydrogen (secondary N) is 1. The molecule has 1 fully saturated rings. The molecule has 0 atom stereocenters. The van der Waals surface area contributed by atoms with Gasteiger partial charge in [-0.3, -0.25) is 0 Å². The van der Waals surface area contributed by atoms with Gasteiger partial charge in [-0.15, -0.1) is 0 Å². The standard InChI is InChI=1S/C17H26N2O3S/c1-14(2)22-9-8-21-13-15-4-3-5-16(12-15)18-17(20)19-6-10-23-11-7-19/h3-5,12,14H,6-11,13H2,1-2H3,(H,18,20). The van der Waals surface area contributed by atoms with Crippen LogP contribution in [-0.2, 0) is 16.1 Å². The predicted molar refractivity (Wildman–Crippen MR) is 95.1 cm³/mol. The molecule has 1 saturated heterocycles. The number of urea groups is 1. The Morgan fingerprint density at radius 3 is 2.83 bits per heavy atom. The maximum absolute atomic E-state index is 12.2. The molecule has 1 aromatic rings. The zero-order chi connectivity index (χ0) is 16.5. The maximum Gasteiger partial charge on any atom is 0.321 e. The van der Waals surface area contributed by atoms with Crippen molar-refractivity contribution in [3.63, 3.8) is 0 Å². The molecule has 0 bridgehead atoms. The highest BCUT2D eigenvalue weighted by Crippen LogP contribution is 2.14. The van der Waals surface area contributed by atoms with Crippen LogP contribution in [0.4, 0.5) is 10.5 Å². The number of rotatable bonds is 7. The van der Waals surface area contributed by atoms with Gasteiger partial charge in [-0.05, 0) is 31.5 Å². The Morgan fingerprint density at radius 1 is 1.30 bits per heavy atom. The van der Waals surface area contributed by atoms with Gasteiger partial charge in [-0.25, -0.2) is 4.79 Å². The minimum absolute atomic E-state index is 0.0197. The summed E-state index contributed by atoms with van der Waals surface area (Å²) in [4.78, 5) is 14.1. The van der Waals surface area contributed by atoms with Crippen LogP contribution in [0.1, 0.15) is 19.4 Å². The van der Waals surface area contributed by atoms with Crippen LogP contribution >= 0.6 is 11.8 Å². The normalized spacial score (nSPS) is 15.0. The topological polar surface area (TPSA) is 50.8 Å². The predicted octanol–water partition coefficient (Wildman–Crippen LogP) is 3.21. The smallest absolute Gasteiger partial charge is 0.321 e. The first-order valence-electron chi connectivity index (χ1n) is 8.07. The van der Waals surface area contributed by atoms with E-state index in [9.17, 15) is 4.79 Å². The number of carbonyl (C=O) groups is 1. The van der Waals surface area contributed by atoms with Crippen LogP contribution in [0.3, 0.4) is 0 Å². The van der Waals surface area contributed by atoms with Crippen molar-refractivity contribution in [3.05, 3.63) is 29.8 Å². The number of hydrogen-bond acceptors (Lipinski definition) is 4. The average molecular weight is 338 g/mol. The van der Waals surface area contributed by atoms with E-state index in [-0.39, 0.29) is 12.1 Å². The summed E-state index contributed by atoms with van der Waals surface area (Å²) >= 11 is 1.89. The van der Waals surface area contributed by atoms with Gasteiger partial charge in [-0.1, -0.05) is 12.1 Å². The molecule has 0 spiro atoms. The summed E-state index contributed by atoms with van der Waals surface area (Å²) in [6, 6.07) is 7.78. The number of carbonyl (C=O) groups excluding carboxylic acids is 1. The van der Waals surface area contributed by atoms with Crippen molar-refractivity contribution in [2.75, 3.05) is 43.1 Å². The number of ether oxygens (including phenoxy) is 2. The molecule has 1 aliphatic rings. The second kappa shape index (κ2) is 9.80. The zero-order valence-corrected chi connectivity index (χ0v) is 14.7. The van der Waals surface area contributed by atoms with Crippen molar-refractivity contribution in [2.45, 2.75) is 26.6 Å². The molecule has 2 rings (SSSR count). The number of nitrogens with zero attached hydrogens (tertiary/aromatic N) is 1. The van der Waals surface area contributed by atoms with Crippen molar-refractivity contribution in [1.82, 2.24) is 4.90 Å². The van der Waals surface area contributed by atoms with Crippen LogP contribution in [0.15, 0.2) is 24.3 Å². The molecule has 6 heteroatoms. The van der Waals surface area contributed by atoms with E-state index in [0.29, 0.717) is 19.8 Å². The molecule has 0 radical (unpaired) electrons. The van der Waals surface area contributed by atoms with Crippen molar-refractivity contribution in [2.24, 2.45) is 0 Å². The van der Waals surface area contributed by atoms with Gasteiger partial charge in [0.25, 0.3) is 0 Å². The minimum atomic E-state index is -0.0197. The highest BCUT2D eigenvalue weighted by molar-refractivity contribution is 7.99. The summed E-state index contributed by atoms with van der Waals surface area (Å²) in [6.45, 7) is 7.33. The number of hydrogen-bond donors (Lipinski definition) is 1. The van der Waals surface area contributed by atoms with Gasteiger partial charge in [0.15, 0.2) is 0 Å².